The topological polar surface area (TPSA) is 0 Å². The van der Waals surface area contributed by atoms with Crippen molar-refractivity contribution in [1.29, 1.82) is 0 Å². The van der Waals surface area contributed by atoms with Gasteiger partial charge in [0, 0.05) is 0 Å². The number of hydrogen-bond donors (Lipinski definition) is 0. The van der Waals surface area contributed by atoms with E-state index in [1.165, 1.54) is 10.0 Å². The summed E-state index contributed by atoms with van der Waals surface area (Å²) >= 11 is 4.60. The van der Waals surface area contributed by atoms with E-state index in [0.717, 1.165) is 0 Å². The molecule has 1 aromatic heterocycles. The Balaban J connectivity index is 2.89. The molecule has 0 aliphatic heterocycles. The predicted molar refractivity (Wildman–Crippen MR) is 65.7 cm³/mol. The molecule has 0 fully saturated rings. The monoisotopic (exact) mass is 266 g/mol. The van der Waals surface area contributed by atoms with Crippen molar-refractivity contribution in [3.05, 3.63) is 16.3 Å². The van der Waals surface area contributed by atoms with Crippen molar-refractivity contribution < 1.29 is 0 Å². The van der Waals surface area contributed by atoms with Crippen molar-refractivity contribution in [3.63, 3.8) is 0 Å². The fraction of sp³-hybridized carbons (Fsp3) is 0.333. The molecule has 0 radical (unpaired) electrons. The van der Waals surface area contributed by atoms with Gasteiger partial charge in [-0.1, -0.05) is 0 Å². The molecule has 0 nitrogen and oxygen atoms in total. The number of rotatable bonds is 1. The van der Waals surface area contributed by atoms with Crippen LogP contribution in [0, 0.1) is 11.5 Å². The molecule has 0 saturated heterocycles. The molecule has 0 amide bonds. The van der Waals surface area contributed by atoms with Gasteiger partial charge in [0.15, 0.2) is 0 Å². The van der Waals surface area contributed by atoms with Gasteiger partial charge in [-0.2, -0.15) is 0 Å². The summed E-state index contributed by atoms with van der Waals surface area (Å²) < 4.78 is 1.46. The van der Waals surface area contributed by atoms with E-state index in [1.807, 2.05) is 0 Å². The summed E-state index contributed by atoms with van der Waals surface area (Å²) in [6.07, 6.45) is 0. The average molecular weight is 265 g/mol. The Morgan fingerprint density at radius 1 is 1.38 bits per heavy atom. The first-order valence-corrected chi connectivity index (χ1v) is 11.2. The van der Waals surface area contributed by atoms with Crippen LogP contribution in [-0.2, 0) is 0 Å². The third-order valence-electron chi connectivity index (χ3n) is 1.42. The van der Waals surface area contributed by atoms with Crippen LogP contribution in [0.3, 0.4) is 0 Å². The fourth-order valence-corrected chi connectivity index (χ4v) is 3.85. The molecule has 13 heavy (non-hydrogen) atoms. The van der Waals surface area contributed by atoms with Gasteiger partial charge in [-0.05, 0) is 0 Å². The van der Waals surface area contributed by atoms with Crippen LogP contribution in [0.25, 0.3) is 0 Å². The summed E-state index contributed by atoms with van der Waals surface area (Å²) in [5.74, 6) is 3.32. The van der Waals surface area contributed by atoms with Gasteiger partial charge in [0.2, 0.25) is 0 Å². The Labute approximate surface area is 99.2 Å². The van der Waals surface area contributed by atoms with Crippen molar-refractivity contribution in [2.45, 2.75) is 19.6 Å². The van der Waals surface area contributed by atoms with Gasteiger partial charge >= 0.3 is 99.8 Å². The third kappa shape index (κ3) is 4.09. The van der Waals surface area contributed by atoms with E-state index in [1.54, 1.807) is 11.3 Å². The van der Waals surface area contributed by atoms with Crippen LogP contribution < -0.4 is 4.46 Å². The van der Waals surface area contributed by atoms with Crippen molar-refractivity contribution in [1.82, 2.24) is 0 Å². The Bertz CT molecular complexity index is 342. The molecule has 0 N–H and O–H groups in total. The minimum atomic E-state index is -1.20. The molecule has 0 unspecified atom stereocenters. The van der Waals surface area contributed by atoms with E-state index in [9.17, 15) is 0 Å². The van der Waals surface area contributed by atoms with E-state index in [-0.39, 0.29) is 0 Å². The first-order chi connectivity index (χ1) is 6.03. The maximum absolute atomic E-state index is 3.40. The molecule has 0 bridgehead atoms. The molecule has 64 valence electrons. The molecule has 0 aliphatic rings. The van der Waals surface area contributed by atoms with Gasteiger partial charge in [0.1, 0.15) is 0 Å². The van der Waals surface area contributed by atoms with Crippen molar-refractivity contribution in [3.8, 4) is 11.5 Å². The van der Waals surface area contributed by atoms with E-state index in [2.05, 4.69) is 57.6 Å². The zero-order chi connectivity index (χ0) is 9.90. The second-order valence-corrected chi connectivity index (χ2v) is 11.1. The Morgan fingerprint density at radius 3 is 2.62 bits per heavy atom. The Morgan fingerprint density at radius 2 is 2.08 bits per heavy atom. The molecule has 1 aromatic rings. The van der Waals surface area contributed by atoms with Crippen LogP contribution in [0.2, 0.25) is 19.6 Å². The third-order valence-corrected chi connectivity index (χ3v) is 5.01. The van der Waals surface area contributed by atoms with Gasteiger partial charge in [-0.25, -0.2) is 0 Å². The molecular formula is C9H11LiSSeSi. The van der Waals surface area contributed by atoms with Gasteiger partial charge in [0.25, 0.3) is 0 Å². The molecule has 0 saturated carbocycles. The zero-order valence-electron chi connectivity index (χ0n) is 8.47. The number of hydrogen-bond acceptors (Lipinski definition) is 1. The summed E-state index contributed by atoms with van der Waals surface area (Å²) in [7, 11) is -1.20. The summed E-state index contributed by atoms with van der Waals surface area (Å²) in [6.45, 7) is 6.84. The van der Waals surface area contributed by atoms with Crippen LogP contribution in [0.15, 0.2) is 10.8 Å². The van der Waals surface area contributed by atoms with Gasteiger partial charge in [0.05, 0.1) is 0 Å². The van der Waals surface area contributed by atoms with Crippen LogP contribution in [0.5, 0.6) is 0 Å². The molecule has 0 atom stereocenters. The SMILES string of the molecule is [Li][Se]c1cscc1C#C[Si](C)(C)C. The normalized spacial score (nSPS) is 10.8. The molecular weight excluding hydrogens is 254 g/mol. The molecule has 0 spiro atoms. The van der Waals surface area contributed by atoms with Gasteiger partial charge < -0.3 is 0 Å². The summed E-state index contributed by atoms with van der Waals surface area (Å²) in [6, 6.07) is 0. The number of thiophene rings is 1. The first kappa shape index (κ1) is 11.7. The van der Waals surface area contributed by atoms with E-state index >= 15 is 0 Å². The average Bonchev–Trinajstić information content (AvgIpc) is 2.46. The first-order valence-electron chi connectivity index (χ1n) is 4.16. The van der Waals surface area contributed by atoms with Crippen molar-refractivity contribution in [2.24, 2.45) is 0 Å². The second-order valence-electron chi connectivity index (χ2n) is 3.85. The van der Waals surface area contributed by atoms with E-state index in [0.29, 0.717) is 12.8 Å². The Hall–Kier alpha value is 0.594. The molecule has 1 heterocycles. The van der Waals surface area contributed by atoms with Crippen LogP contribution >= 0.6 is 11.3 Å². The van der Waals surface area contributed by atoms with Crippen LogP contribution in [-0.4, -0.2) is 36.6 Å². The molecule has 0 aromatic carbocycles. The van der Waals surface area contributed by atoms with Gasteiger partial charge in [-0.3, -0.25) is 0 Å². The maximum atomic E-state index is 3.40. The van der Waals surface area contributed by atoms with Gasteiger partial charge in [-0.15, -0.1) is 0 Å². The van der Waals surface area contributed by atoms with Crippen LogP contribution in [0.4, 0.5) is 0 Å². The molecule has 0 aliphatic carbocycles. The van der Waals surface area contributed by atoms with Crippen LogP contribution in [0.1, 0.15) is 5.56 Å². The second kappa shape index (κ2) is 4.90. The molecule has 1 rings (SSSR count). The zero-order valence-corrected chi connectivity index (χ0v) is 12.0. The van der Waals surface area contributed by atoms with Crippen molar-refractivity contribution >= 4 is 52.4 Å². The minimum absolute atomic E-state index is 0.587. The standard InChI is InChI=1S/C9H12SSeSi.Li/c1-12(2,3)5-4-8-6-10-7-9(8)11;/h6-7,11H,1-3H3;/q;+1/p-1. The fourth-order valence-electron chi connectivity index (χ4n) is 0.789. The van der Waals surface area contributed by atoms with Crippen molar-refractivity contribution in [2.75, 3.05) is 0 Å². The predicted octanol–water partition coefficient (Wildman–Crippen LogP) is 1.39. The molecule has 4 heteroatoms. The summed E-state index contributed by atoms with van der Waals surface area (Å²) in [5.41, 5.74) is 4.68. The summed E-state index contributed by atoms with van der Waals surface area (Å²) in [4.78, 5) is 0. The Kier molecular flexibility index (Phi) is 4.39. The van der Waals surface area contributed by atoms with E-state index in [4.69, 9.17) is 0 Å². The van der Waals surface area contributed by atoms with E-state index < -0.39 is 8.07 Å². The quantitative estimate of drug-likeness (QED) is 0.532. The summed E-state index contributed by atoms with van der Waals surface area (Å²) in [5, 5.41) is 4.40.